The van der Waals surface area contributed by atoms with Gasteiger partial charge in [0.05, 0.1) is 23.3 Å². The molecule has 0 aliphatic carbocycles. The molecule has 0 bridgehead atoms. The molecule has 2 aromatic rings. The summed E-state index contributed by atoms with van der Waals surface area (Å²) in [4.78, 5) is 12.9. The van der Waals surface area contributed by atoms with Gasteiger partial charge in [-0.2, -0.15) is 5.10 Å². The molecule has 0 radical (unpaired) electrons. The van der Waals surface area contributed by atoms with Crippen LogP contribution >= 0.6 is 11.6 Å². The zero-order valence-electron chi connectivity index (χ0n) is 10.2. The van der Waals surface area contributed by atoms with E-state index < -0.39 is 5.37 Å². The topological polar surface area (TPSA) is 38.1 Å². The van der Waals surface area contributed by atoms with E-state index in [2.05, 4.69) is 5.10 Å². The lowest BCUT2D eigenvalue weighted by Gasteiger charge is -2.17. The van der Waals surface area contributed by atoms with Gasteiger partial charge < -0.3 is 0 Å². The van der Waals surface area contributed by atoms with E-state index in [0.717, 1.165) is 17.1 Å². The normalized spacial score (nSPS) is 17.6. The highest BCUT2D eigenvalue weighted by Crippen LogP contribution is 2.34. The molecule has 1 aromatic heterocycles. The number of carbonyl (C=O) groups is 1. The van der Waals surface area contributed by atoms with Crippen LogP contribution in [0.3, 0.4) is 0 Å². The number of hydrogen-bond acceptors (Lipinski definition) is 2. The molecule has 1 aliphatic heterocycles. The van der Waals surface area contributed by atoms with Crippen molar-refractivity contribution < 1.29 is 9.18 Å². The van der Waals surface area contributed by atoms with Gasteiger partial charge in [-0.05, 0) is 42.8 Å². The standard InChI is InChI=1S/C13H11ClFN3O/c1-8-6-11-12(17(8)13(14)19)7-16-18(11)10-4-2-9(15)3-5-10/h2-5,7-8H,6H2,1H3. The molecule has 2 heterocycles. The third kappa shape index (κ3) is 1.90. The Hall–Kier alpha value is -1.88. The fraction of sp³-hybridized carbons (Fsp3) is 0.231. The minimum Gasteiger partial charge on any atom is -0.292 e. The maximum Gasteiger partial charge on any atom is 0.321 e. The van der Waals surface area contributed by atoms with Gasteiger partial charge >= 0.3 is 5.37 Å². The minimum absolute atomic E-state index is 0.00435. The number of fused-ring (bicyclic) bond motifs is 1. The molecule has 3 rings (SSSR count). The van der Waals surface area contributed by atoms with Crippen LogP contribution in [0.4, 0.5) is 14.9 Å². The van der Waals surface area contributed by atoms with Crippen molar-refractivity contribution in [2.75, 3.05) is 4.90 Å². The molecule has 4 nitrogen and oxygen atoms in total. The number of halogens is 2. The fourth-order valence-electron chi connectivity index (χ4n) is 2.44. The number of rotatable bonds is 1. The predicted molar refractivity (Wildman–Crippen MR) is 70.4 cm³/mol. The summed E-state index contributed by atoms with van der Waals surface area (Å²) < 4.78 is 14.6. The fourth-order valence-corrected chi connectivity index (χ4v) is 2.70. The van der Waals surface area contributed by atoms with Crippen molar-refractivity contribution in [3.8, 4) is 5.69 Å². The third-order valence-corrected chi connectivity index (χ3v) is 3.48. The zero-order chi connectivity index (χ0) is 13.6. The summed E-state index contributed by atoms with van der Waals surface area (Å²) in [5.74, 6) is -0.293. The van der Waals surface area contributed by atoms with Gasteiger partial charge in [0.1, 0.15) is 5.82 Å². The highest BCUT2D eigenvalue weighted by atomic mass is 35.5. The van der Waals surface area contributed by atoms with Crippen LogP contribution in [0.1, 0.15) is 12.6 Å². The Morgan fingerprint density at radius 2 is 2.11 bits per heavy atom. The monoisotopic (exact) mass is 279 g/mol. The van der Waals surface area contributed by atoms with Crippen LogP contribution in [0.15, 0.2) is 30.5 Å². The predicted octanol–water partition coefficient (Wildman–Crippen LogP) is 3.12. The molecule has 19 heavy (non-hydrogen) atoms. The van der Waals surface area contributed by atoms with Crippen LogP contribution in [0.5, 0.6) is 0 Å². The molecule has 0 saturated carbocycles. The van der Waals surface area contributed by atoms with Crippen molar-refractivity contribution in [2.45, 2.75) is 19.4 Å². The molecule has 0 spiro atoms. The number of carbonyl (C=O) groups excluding carboxylic acids is 1. The third-order valence-electron chi connectivity index (χ3n) is 3.30. The van der Waals surface area contributed by atoms with Gasteiger partial charge in [-0.15, -0.1) is 0 Å². The van der Waals surface area contributed by atoms with E-state index in [1.807, 2.05) is 6.92 Å². The maximum absolute atomic E-state index is 12.9. The first-order valence-corrected chi connectivity index (χ1v) is 6.27. The average Bonchev–Trinajstić information content (AvgIpc) is 2.87. The molecule has 1 amide bonds. The summed E-state index contributed by atoms with van der Waals surface area (Å²) in [6.45, 7) is 1.93. The summed E-state index contributed by atoms with van der Waals surface area (Å²) in [5, 5.41) is 3.74. The van der Waals surface area contributed by atoms with Gasteiger partial charge in [0.2, 0.25) is 0 Å². The molecule has 0 saturated heterocycles. The molecule has 1 aliphatic rings. The van der Waals surface area contributed by atoms with Crippen LogP contribution in [-0.2, 0) is 6.42 Å². The van der Waals surface area contributed by atoms with Gasteiger partial charge in [-0.25, -0.2) is 9.07 Å². The summed E-state index contributed by atoms with van der Waals surface area (Å²) in [6, 6.07) is 6.07. The van der Waals surface area contributed by atoms with Gasteiger partial charge in [-0.3, -0.25) is 9.69 Å². The highest BCUT2D eigenvalue weighted by molar-refractivity contribution is 6.66. The van der Waals surface area contributed by atoms with Gasteiger partial charge in [0.25, 0.3) is 0 Å². The highest BCUT2D eigenvalue weighted by Gasteiger charge is 2.33. The van der Waals surface area contributed by atoms with Crippen LogP contribution in [0.2, 0.25) is 0 Å². The van der Waals surface area contributed by atoms with Crippen LogP contribution < -0.4 is 4.90 Å². The van der Waals surface area contributed by atoms with E-state index in [4.69, 9.17) is 11.6 Å². The van der Waals surface area contributed by atoms with Crippen molar-refractivity contribution in [3.05, 3.63) is 42.0 Å². The van der Waals surface area contributed by atoms with E-state index in [1.54, 1.807) is 23.0 Å². The second-order valence-corrected chi connectivity index (χ2v) is 4.86. The number of aromatic nitrogens is 2. The molecule has 6 heteroatoms. The zero-order valence-corrected chi connectivity index (χ0v) is 10.9. The largest absolute Gasteiger partial charge is 0.321 e. The molecule has 1 atom stereocenters. The molecule has 1 unspecified atom stereocenters. The summed E-state index contributed by atoms with van der Waals surface area (Å²) >= 11 is 5.58. The van der Waals surface area contributed by atoms with E-state index >= 15 is 0 Å². The second kappa shape index (κ2) is 4.35. The number of amides is 1. The van der Waals surface area contributed by atoms with E-state index in [-0.39, 0.29) is 11.9 Å². The Labute approximate surface area is 114 Å². The summed E-state index contributed by atoms with van der Waals surface area (Å²) in [7, 11) is 0. The smallest absolute Gasteiger partial charge is 0.292 e. The molecule has 0 N–H and O–H groups in total. The SMILES string of the molecule is CC1Cc2c(cnn2-c2ccc(F)cc2)N1C(=O)Cl. The van der Waals surface area contributed by atoms with Crippen molar-refractivity contribution in [1.29, 1.82) is 0 Å². The molecule has 0 fully saturated rings. The minimum atomic E-state index is -0.509. The van der Waals surface area contributed by atoms with Crippen LogP contribution in [0, 0.1) is 5.82 Å². The number of hydrogen-bond donors (Lipinski definition) is 0. The van der Waals surface area contributed by atoms with Crippen molar-refractivity contribution >= 4 is 22.7 Å². The first kappa shape index (κ1) is 12.2. The Morgan fingerprint density at radius 3 is 2.74 bits per heavy atom. The summed E-state index contributed by atoms with van der Waals surface area (Å²) in [6.07, 6.45) is 2.29. The average molecular weight is 280 g/mol. The maximum atomic E-state index is 12.9. The Balaban J connectivity index is 2.06. The number of nitrogens with zero attached hydrogens (tertiary/aromatic N) is 3. The van der Waals surface area contributed by atoms with E-state index in [9.17, 15) is 9.18 Å². The van der Waals surface area contributed by atoms with Gasteiger partial charge in [-0.1, -0.05) is 0 Å². The number of anilines is 1. The van der Waals surface area contributed by atoms with Crippen LogP contribution in [0.25, 0.3) is 5.69 Å². The quantitative estimate of drug-likeness (QED) is 0.594. The van der Waals surface area contributed by atoms with Gasteiger partial charge in [0.15, 0.2) is 0 Å². The molecular formula is C13H11ClFN3O. The van der Waals surface area contributed by atoms with Crippen molar-refractivity contribution in [3.63, 3.8) is 0 Å². The molecule has 98 valence electrons. The lowest BCUT2D eigenvalue weighted by atomic mass is 10.2. The van der Waals surface area contributed by atoms with E-state index in [1.165, 1.54) is 17.0 Å². The second-order valence-electron chi connectivity index (χ2n) is 4.54. The van der Waals surface area contributed by atoms with Crippen molar-refractivity contribution in [1.82, 2.24) is 9.78 Å². The Kier molecular flexibility index (Phi) is 2.78. The molecule has 1 aromatic carbocycles. The first-order chi connectivity index (χ1) is 9.08. The first-order valence-electron chi connectivity index (χ1n) is 5.89. The lowest BCUT2D eigenvalue weighted by molar-refractivity contribution is 0.263. The lowest BCUT2D eigenvalue weighted by Crippen LogP contribution is -2.31. The van der Waals surface area contributed by atoms with Gasteiger partial charge in [0, 0.05) is 12.5 Å². The Morgan fingerprint density at radius 1 is 1.42 bits per heavy atom. The van der Waals surface area contributed by atoms with E-state index in [0.29, 0.717) is 6.42 Å². The Bertz CT molecular complexity index is 638. The van der Waals surface area contributed by atoms with Crippen molar-refractivity contribution in [2.24, 2.45) is 0 Å². The number of benzene rings is 1. The molecular weight excluding hydrogens is 269 g/mol. The summed E-state index contributed by atoms with van der Waals surface area (Å²) in [5.41, 5.74) is 2.39. The van der Waals surface area contributed by atoms with Crippen LogP contribution in [-0.4, -0.2) is 21.2 Å².